The van der Waals surface area contributed by atoms with Crippen molar-refractivity contribution in [1.29, 1.82) is 0 Å². The zero-order chi connectivity index (χ0) is 15.4. The van der Waals surface area contributed by atoms with Crippen molar-refractivity contribution < 1.29 is 14.3 Å². The first-order chi connectivity index (χ1) is 10.1. The molecule has 1 atom stereocenters. The maximum Gasteiger partial charge on any atom is 0.263 e. The topological polar surface area (TPSA) is 76.8 Å². The molecule has 0 bridgehead atoms. The number of hydrogen-bond acceptors (Lipinski definition) is 6. The molecule has 2 rings (SSSR count). The molecule has 1 aliphatic rings. The normalized spacial score (nSPS) is 18.0. The summed E-state index contributed by atoms with van der Waals surface area (Å²) in [5.41, 5.74) is 6.51. The van der Waals surface area contributed by atoms with Crippen molar-refractivity contribution in [3.05, 3.63) is 4.88 Å². The van der Waals surface area contributed by atoms with Crippen molar-refractivity contribution in [3.63, 3.8) is 0 Å². The van der Waals surface area contributed by atoms with Gasteiger partial charge < -0.3 is 25.4 Å². The number of carbonyl (C=O) groups excluding carboxylic acids is 1. The number of nitrogens with one attached hydrogen (secondary N) is 1. The number of nitrogen functional groups attached to an aromatic ring is 1. The smallest absolute Gasteiger partial charge is 0.263 e. The highest BCUT2D eigenvalue weighted by molar-refractivity contribution is 7.19. The van der Waals surface area contributed by atoms with Crippen LogP contribution in [0.4, 0.5) is 10.7 Å². The zero-order valence-corrected chi connectivity index (χ0v) is 13.6. The molecule has 0 spiro atoms. The second kappa shape index (κ2) is 7.00. The molecule has 1 unspecified atom stereocenters. The van der Waals surface area contributed by atoms with Gasteiger partial charge in [0.2, 0.25) is 0 Å². The third-order valence-electron chi connectivity index (χ3n) is 3.59. The molecule has 7 heteroatoms. The first-order valence-corrected chi connectivity index (χ1v) is 7.96. The van der Waals surface area contributed by atoms with E-state index in [-0.39, 0.29) is 12.0 Å². The Morgan fingerprint density at radius 3 is 2.86 bits per heavy atom. The van der Waals surface area contributed by atoms with E-state index in [4.69, 9.17) is 15.2 Å². The minimum absolute atomic E-state index is 0.133. The Morgan fingerprint density at radius 2 is 2.29 bits per heavy atom. The molecule has 1 aliphatic heterocycles. The summed E-state index contributed by atoms with van der Waals surface area (Å²) in [5, 5.41) is 3.77. The van der Waals surface area contributed by atoms with Crippen LogP contribution >= 0.6 is 11.3 Å². The van der Waals surface area contributed by atoms with Crippen LogP contribution in [0.3, 0.4) is 0 Å². The average Bonchev–Trinajstić information content (AvgIpc) is 3.08. The van der Waals surface area contributed by atoms with Gasteiger partial charge in [0, 0.05) is 26.7 Å². The molecule has 1 aromatic heterocycles. The zero-order valence-electron chi connectivity index (χ0n) is 12.8. The van der Waals surface area contributed by atoms with E-state index in [1.165, 1.54) is 11.3 Å². The summed E-state index contributed by atoms with van der Waals surface area (Å²) in [6, 6.07) is 0. The van der Waals surface area contributed by atoms with Crippen molar-refractivity contribution in [2.45, 2.75) is 25.9 Å². The van der Waals surface area contributed by atoms with Gasteiger partial charge in [0.1, 0.15) is 15.6 Å². The Labute approximate surface area is 129 Å². The van der Waals surface area contributed by atoms with Crippen LogP contribution < -0.4 is 20.7 Å². The number of nitrogens with zero attached hydrogens (tertiary/aromatic N) is 1. The number of ether oxygens (including phenoxy) is 2. The summed E-state index contributed by atoms with van der Waals surface area (Å²) >= 11 is 1.39. The Bertz CT molecular complexity index is 504. The lowest BCUT2D eigenvalue weighted by Gasteiger charge is -2.17. The summed E-state index contributed by atoms with van der Waals surface area (Å²) in [7, 11) is 3.30. The highest BCUT2D eigenvalue weighted by Crippen LogP contribution is 2.45. The van der Waals surface area contributed by atoms with Crippen LogP contribution in [0.5, 0.6) is 5.75 Å². The molecule has 6 nitrogen and oxygen atoms in total. The SMILES string of the molecule is CCCNC(=O)c1sc(N2CCC(OC)C2)c(OC)c1N. The van der Waals surface area contributed by atoms with Gasteiger partial charge in [-0.1, -0.05) is 6.92 Å². The lowest BCUT2D eigenvalue weighted by Crippen LogP contribution is -2.23. The van der Waals surface area contributed by atoms with Gasteiger partial charge >= 0.3 is 0 Å². The standard InChI is InChI=1S/C14H23N3O3S/c1-4-6-16-13(18)12-10(15)11(20-3)14(21-12)17-7-5-9(8-17)19-2/h9H,4-8,15H2,1-3H3,(H,16,18). The van der Waals surface area contributed by atoms with E-state index >= 15 is 0 Å². The van der Waals surface area contributed by atoms with Crippen LogP contribution in [0.2, 0.25) is 0 Å². The number of nitrogens with two attached hydrogens (primary N) is 1. The largest absolute Gasteiger partial charge is 0.492 e. The second-order valence-electron chi connectivity index (χ2n) is 5.03. The number of carbonyl (C=O) groups is 1. The van der Waals surface area contributed by atoms with E-state index in [2.05, 4.69) is 10.2 Å². The maximum absolute atomic E-state index is 12.2. The van der Waals surface area contributed by atoms with Gasteiger partial charge in [-0.25, -0.2) is 0 Å². The number of hydrogen-bond donors (Lipinski definition) is 2. The predicted molar refractivity (Wildman–Crippen MR) is 85.5 cm³/mol. The lowest BCUT2D eigenvalue weighted by molar-refractivity contribution is 0.0958. The summed E-state index contributed by atoms with van der Waals surface area (Å²) in [5.74, 6) is 0.463. The first kappa shape index (κ1) is 15.9. The fourth-order valence-electron chi connectivity index (χ4n) is 2.41. The molecule has 0 saturated carbocycles. The van der Waals surface area contributed by atoms with Crippen molar-refractivity contribution >= 4 is 27.9 Å². The Balaban J connectivity index is 2.24. The molecule has 0 aliphatic carbocycles. The molecule has 1 saturated heterocycles. The van der Waals surface area contributed by atoms with E-state index < -0.39 is 0 Å². The van der Waals surface area contributed by atoms with Gasteiger partial charge in [-0.3, -0.25) is 4.79 Å². The fourth-order valence-corrected chi connectivity index (χ4v) is 3.56. The van der Waals surface area contributed by atoms with Crippen molar-refractivity contribution in [2.24, 2.45) is 0 Å². The predicted octanol–water partition coefficient (Wildman–Crippen LogP) is 1.70. The molecular weight excluding hydrogens is 290 g/mol. The van der Waals surface area contributed by atoms with Gasteiger partial charge in [0.15, 0.2) is 5.75 Å². The summed E-state index contributed by atoms with van der Waals surface area (Å²) in [6.07, 6.45) is 2.08. The van der Waals surface area contributed by atoms with Gasteiger partial charge in [0.25, 0.3) is 5.91 Å². The molecule has 0 radical (unpaired) electrons. The van der Waals surface area contributed by atoms with Crippen LogP contribution in [0, 0.1) is 0 Å². The molecule has 1 aromatic rings. The second-order valence-corrected chi connectivity index (χ2v) is 6.03. The molecule has 0 aromatic carbocycles. The lowest BCUT2D eigenvalue weighted by atomic mass is 10.3. The van der Waals surface area contributed by atoms with Gasteiger partial charge in [-0.2, -0.15) is 0 Å². The van der Waals surface area contributed by atoms with E-state index in [1.54, 1.807) is 14.2 Å². The number of methoxy groups -OCH3 is 2. The molecule has 3 N–H and O–H groups in total. The minimum Gasteiger partial charge on any atom is -0.492 e. The van der Waals surface area contributed by atoms with Gasteiger partial charge in [0.05, 0.1) is 13.2 Å². The highest BCUT2D eigenvalue weighted by Gasteiger charge is 2.30. The maximum atomic E-state index is 12.2. The highest BCUT2D eigenvalue weighted by atomic mass is 32.1. The Morgan fingerprint density at radius 1 is 1.52 bits per heavy atom. The van der Waals surface area contributed by atoms with Crippen molar-refractivity contribution in [3.8, 4) is 5.75 Å². The van der Waals surface area contributed by atoms with E-state index in [0.717, 1.165) is 30.9 Å². The Hall–Kier alpha value is -1.47. The fraction of sp³-hybridized carbons (Fsp3) is 0.643. The summed E-state index contributed by atoms with van der Waals surface area (Å²) in [6.45, 7) is 4.33. The molecule has 2 heterocycles. The molecule has 21 heavy (non-hydrogen) atoms. The van der Waals surface area contributed by atoms with Crippen LogP contribution in [0.1, 0.15) is 29.4 Å². The van der Waals surface area contributed by atoms with Crippen LogP contribution in [-0.4, -0.2) is 45.9 Å². The van der Waals surface area contributed by atoms with Gasteiger partial charge in [-0.15, -0.1) is 11.3 Å². The molecule has 1 fully saturated rings. The minimum atomic E-state index is -0.133. The number of rotatable bonds is 6. The third kappa shape index (κ3) is 3.24. The molecule has 118 valence electrons. The van der Waals surface area contributed by atoms with Crippen molar-refractivity contribution in [2.75, 3.05) is 44.5 Å². The monoisotopic (exact) mass is 313 g/mol. The average molecular weight is 313 g/mol. The van der Waals surface area contributed by atoms with Crippen LogP contribution in [-0.2, 0) is 4.74 Å². The Kier molecular flexibility index (Phi) is 5.30. The quantitative estimate of drug-likeness (QED) is 0.836. The number of anilines is 2. The first-order valence-electron chi connectivity index (χ1n) is 7.14. The number of thiophene rings is 1. The molecule has 1 amide bonds. The van der Waals surface area contributed by atoms with E-state index in [0.29, 0.717) is 22.9 Å². The summed E-state index contributed by atoms with van der Waals surface area (Å²) in [4.78, 5) is 14.9. The third-order valence-corrected chi connectivity index (χ3v) is 4.84. The number of amides is 1. The van der Waals surface area contributed by atoms with E-state index in [9.17, 15) is 4.79 Å². The van der Waals surface area contributed by atoms with Crippen LogP contribution in [0.25, 0.3) is 0 Å². The van der Waals surface area contributed by atoms with Crippen LogP contribution in [0.15, 0.2) is 0 Å². The summed E-state index contributed by atoms with van der Waals surface area (Å²) < 4.78 is 10.8. The van der Waals surface area contributed by atoms with Crippen molar-refractivity contribution in [1.82, 2.24) is 5.32 Å². The molecular formula is C14H23N3O3S. The van der Waals surface area contributed by atoms with Gasteiger partial charge in [-0.05, 0) is 12.8 Å². The van der Waals surface area contributed by atoms with E-state index in [1.807, 2.05) is 6.92 Å².